The van der Waals surface area contributed by atoms with Crippen molar-refractivity contribution in [1.82, 2.24) is 9.88 Å². The topological polar surface area (TPSA) is 55.6 Å². The van der Waals surface area contributed by atoms with Crippen molar-refractivity contribution < 1.29 is 13.9 Å². The Balaban J connectivity index is 1.66. The number of thiophene rings is 1. The average Bonchev–Trinajstić information content (AvgIpc) is 3.23. The van der Waals surface area contributed by atoms with Gasteiger partial charge >= 0.3 is 0 Å². The number of morpholine rings is 1. The Labute approximate surface area is 131 Å². The molecule has 1 aliphatic heterocycles. The predicted octanol–water partition coefficient (Wildman–Crippen LogP) is 3.03. The van der Waals surface area contributed by atoms with E-state index in [1.807, 2.05) is 23.6 Å². The molecule has 1 amide bonds. The van der Waals surface area contributed by atoms with Crippen LogP contribution in [-0.2, 0) is 4.74 Å². The molecule has 1 fully saturated rings. The lowest BCUT2D eigenvalue weighted by atomic mass is 10.1. The van der Waals surface area contributed by atoms with Crippen molar-refractivity contribution in [1.29, 1.82) is 0 Å². The van der Waals surface area contributed by atoms with Gasteiger partial charge in [-0.3, -0.25) is 4.79 Å². The Morgan fingerprint density at radius 3 is 2.86 bits per heavy atom. The number of oxazole rings is 1. The first-order valence-electron chi connectivity index (χ1n) is 7.13. The van der Waals surface area contributed by atoms with Gasteiger partial charge in [0.1, 0.15) is 5.52 Å². The van der Waals surface area contributed by atoms with Gasteiger partial charge in [-0.1, -0.05) is 6.07 Å². The number of hydrogen-bond acceptors (Lipinski definition) is 5. The van der Waals surface area contributed by atoms with Crippen molar-refractivity contribution in [3.63, 3.8) is 0 Å². The van der Waals surface area contributed by atoms with Crippen LogP contribution < -0.4 is 0 Å². The van der Waals surface area contributed by atoms with E-state index in [0.717, 1.165) is 10.4 Å². The van der Waals surface area contributed by atoms with E-state index >= 15 is 0 Å². The number of amides is 1. The van der Waals surface area contributed by atoms with Crippen LogP contribution >= 0.6 is 11.3 Å². The highest BCUT2D eigenvalue weighted by Crippen LogP contribution is 2.28. The molecule has 0 saturated carbocycles. The molecule has 0 aliphatic carbocycles. The van der Waals surface area contributed by atoms with Crippen LogP contribution in [0.4, 0.5) is 0 Å². The predicted molar refractivity (Wildman–Crippen MR) is 84.0 cm³/mol. The number of benzene rings is 1. The van der Waals surface area contributed by atoms with Crippen molar-refractivity contribution in [3.8, 4) is 10.8 Å². The molecule has 0 spiro atoms. The van der Waals surface area contributed by atoms with Gasteiger partial charge in [0.15, 0.2) is 5.58 Å². The molecular weight excluding hydrogens is 300 g/mol. The average molecular weight is 314 g/mol. The summed E-state index contributed by atoms with van der Waals surface area (Å²) in [5.74, 6) is 0.611. The van der Waals surface area contributed by atoms with Crippen molar-refractivity contribution >= 4 is 28.3 Å². The number of hydrogen-bond donors (Lipinski definition) is 0. The minimum absolute atomic E-state index is 0.0132. The first-order chi connectivity index (χ1) is 10.8. The zero-order chi connectivity index (χ0) is 14.9. The van der Waals surface area contributed by atoms with Crippen LogP contribution in [0, 0.1) is 0 Å². The van der Waals surface area contributed by atoms with E-state index in [1.165, 1.54) is 0 Å². The smallest absolute Gasteiger partial charge is 0.254 e. The van der Waals surface area contributed by atoms with E-state index in [-0.39, 0.29) is 5.91 Å². The Morgan fingerprint density at radius 1 is 1.23 bits per heavy atom. The molecule has 1 aliphatic rings. The summed E-state index contributed by atoms with van der Waals surface area (Å²) in [5.41, 5.74) is 2.03. The second kappa shape index (κ2) is 5.55. The van der Waals surface area contributed by atoms with Crippen molar-refractivity contribution in [3.05, 3.63) is 41.3 Å². The van der Waals surface area contributed by atoms with Gasteiger partial charge in [0.2, 0.25) is 5.89 Å². The van der Waals surface area contributed by atoms with Gasteiger partial charge in [0.25, 0.3) is 5.91 Å². The van der Waals surface area contributed by atoms with Crippen LogP contribution in [0.25, 0.3) is 21.9 Å². The molecule has 3 aromatic rings. The van der Waals surface area contributed by atoms with Gasteiger partial charge in [0.05, 0.1) is 18.1 Å². The molecule has 6 heteroatoms. The maximum atomic E-state index is 12.5. The lowest BCUT2D eigenvalue weighted by Gasteiger charge is -2.26. The molecule has 2 aromatic heterocycles. The van der Waals surface area contributed by atoms with Gasteiger partial charge in [-0.25, -0.2) is 4.98 Å². The summed E-state index contributed by atoms with van der Waals surface area (Å²) < 4.78 is 11.1. The molecule has 22 heavy (non-hydrogen) atoms. The lowest BCUT2D eigenvalue weighted by molar-refractivity contribution is 0.0303. The molecule has 1 aromatic carbocycles. The number of aromatic nitrogens is 1. The van der Waals surface area contributed by atoms with Gasteiger partial charge in [-0.15, -0.1) is 11.3 Å². The number of carbonyl (C=O) groups excluding carboxylic acids is 1. The second-order valence-corrected chi connectivity index (χ2v) is 6.03. The first kappa shape index (κ1) is 13.5. The fourth-order valence-electron chi connectivity index (χ4n) is 2.51. The highest BCUT2D eigenvalue weighted by Gasteiger charge is 2.19. The summed E-state index contributed by atoms with van der Waals surface area (Å²) in [6.45, 7) is 2.46. The maximum absolute atomic E-state index is 12.5. The Bertz CT molecular complexity index is 804. The summed E-state index contributed by atoms with van der Waals surface area (Å²) in [5, 5.41) is 1.98. The Morgan fingerprint density at radius 2 is 2.09 bits per heavy atom. The fourth-order valence-corrected chi connectivity index (χ4v) is 3.16. The number of nitrogens with zero attached hydrogens (tertiary/aromatic N) is 2. The third-order valence-corrected chi connectivity index (χ3v) is 4.52. The van der Waals surface area contributed by atoms with Crippen molar-refractivity contribution in [2.45, 2.75) is 0 Å². The molecule has 5 nitrogen and oxygen atoms in total. The second-order valence-electron chi connectivity index (χ2n) is 5.08. The molecule has 0 bridgehead atoms. The summed E-state index contributed by atoms with van der Waals surface area (Å²) in [7, 11) is 0. The summed E-state index contributed by atoms with van der Waals surface area (Å²) in [6, 6.07) is 9.35. The van der Waals surface area contributed by atoms with Gasteiger partial charge in [0, 0.05) is 18.7 Å². The van der Waals surface area contributed by atoms with Crippen LogP contribution in [-0.4, -0.2) is 42.1 Å². The Kier molecular flexibility index (Phi) is 3.40. The summed E-state index contributed by atoms with van der Waals surface area (Å²) in [4.78, 5) is 19.7. The zero-order valence-corrected chi connectivity index (χ0v) is 12.6. The molecule has 0 N–H and O–H groups in total. The minimum Gasteiger partial charge on any atom is -0.435 e. The van der Waals surface area contributed by atoms with Crippen LogP contribution in [0.1, 0.15) is 10.4 Å². The number of fused-ring (bicyclic) bond motifs is 1. The first-order valence-corrected chi connectivity index (χ1v) is 8.01. The summed E-state index contributed by atoms with van der Waals surface area (Å²) in [6.07, 6.45) is 0. The van der Waals surface area contributed by atoms with E-state index in [0.29, 0.717) is 43.3 Å². The number of rotatable bonds is 2. The van der Waals surface area contributed by atoms with Gasteiger partial charge < -0.3 is 14.1 Å². The largest absolute Gasteiger partial charge is 0.435 e. The molecule has 3 heterocycles. The highest BCUT2D eigenvalue weighted by molar-refractivity contribution is 7.13. The number of ether oxygens (including phenoxy) is 1. The van der Waals surface area contributed by atoms with Crippen molar-refractivity contribution in [2.75, 3.05) is 26.3 Å². The van der Waals surface area contributed by atoms with Crippen LogP contribution in [0.15, 0.2) is 40.1 Å². The SMILES string of the molecule is O=C(c1ccc2nc(-c3cccs3)oc2c1)N1CCOCC1. The molecule has 112 valence electrons. The van der Waals surface area contributed by atoms with Crippen LogP contribution in [0.5, 0.6) is 0 Å². The van der Waals surface area contributed by atoms with E-state index in [1.54, 1.807) is 28.4 Å². The Hall–Kier alpha value is -2.18. The standard InChI is InChI=1S/C16H14N2O3S/c19-16(18-5-7-20-8-6-18)11-3-4-12-13(10-11)21-15(17-12)14-2-1-9-22-14/h1-4,9-10H,5-8H2. The van der Waals surface area contributed by atoms with E-state index < -0.39 is 0 Å². The molecular formula is C16H14N2O3S. The third-order valence-electron chi connectivity index (χ3n) is 3.67. The zero-order valence-electron chi connectivity index (χ0n) is 11.8. The van der Waals surface area contributed by atoms with E-state index in [4.69, 9.17) is 9.15 Å². The van der Waals surface area contributed by atoms with Gasteiger partial charge in [-0.05, 0) is 29.6 Å². The monoisotopic (exact) mass is 314 g/mol. The fraction of sp³-hybridized carbons (Fsp3) is 0.250. The van der Waals surface area contributed by atoms with E-state index in [9.17, 15) is 4.79 Å². The molecule has 1 saturated heterocycles. The van der Waals surface area contributed by atoms with Crippen LogP contribution in [0.3, 0.4) is 0 Å². The van der Waals surface area contributed by atoms with Gasteiger partial charge in [-0.2, -0.15) is 0 Å². The van der Waals surface area contributed by atoms with E-state index in [2.05, 4.69) is 4.98 Å². The molecule has 0 atom stereocenters. The normalized spacial score (nSPS) is 15.4. The third kappa shape index (κ3) is 2.40. The molecule has 0 unspecified atom stereocenters. The minimum atomic E-state index is 0.0132. The van der Waals surface area contributed by atoms with Crippen molar-refractivity contribution in [2.24, 2.45) is 0 Å². The molecule has 4 rings (SSSR count). The molecule has 0 radical (unpaired) electrons. The van der Waals surface area contributed by atoms with Crippen LogP contribution in [0.2, 0.25) is 0 Å². The maximum Gasteiger partial charge on any atom is 0.254 e. The number of carbonyl (C=O) groups is 1. The highest BCUT2D eigenvalue weighted by atomic mass is 32.1. The lowest BCUT2D eigenvalue weighted by Crippen LogP contribution is -2.40. The quantitative estimate of drug-likeness (QED) is 0.729. The summed E-state index contributed by atoms with van der Waals surface area (Å²) >= 11 is 1.58.